The van der Waals surface area contributed by atoms with Crippen molar-refractivity contribution in [1.82, 2.24) is 15.2 Å². The van der Waals surface area contributed by atoms with E-state index in [1.807, 2.05) is 0 Å². The molecule has 0 aliphatic carbocycles. The molecule has 0 fully saturated rings. The number of thiol groups is 1. The predicted molar refractivity (Wildman–Crippen MR) is 123 cm³/mol. The molecule has 31 heavy (non-hydrogen) atoms. The van der Waals surface area contributed by atoms with Crippen molar-refractivity contribution in [2.75, 3.05) is 56.0 Å². The topological polar surface area (TPSA) is 139 Å². The van der Waals surface area contributed by atoms with Crippen LogP contribution in [0.5, 0.6) is 0 Å². The van der Waals surface area contributed by atoms with Crippen LogP contribution in [0.3, 0.4) is 0 Å². The summed E-state index contributed by atoms with van der Waals surface area (Å²) in [6, 6.07) is 3.48. The SMILES string of the molecule is CS(=O)(=O)OCCOCCNc1nnc(-c2cc(COCCS)cc(Cl)c2Cl)c(N)n1. The second-order valence-corrected chi connectivity index (χ2v) is 9.03. The first-order valence-corrected chi connectivity index (χ1v) is 12.2. The van der Waals surface area contributed by atoms with Crippen LogP contribution in [-0.4, -0.2) is 68.6 Å². The minimum Gasteiger partial charge on any atom is -0.382 e. The van der Waals surface area contributed by atoms with E-state index >= 15 is 0 Å². The van der Waals surface area contributed by atoms with Crippen molar-refractivity contribution in [3.05, 3.63) is 27.7 Å². The third-order valence-electron chi connectivity index (χ3n) is 3.62. The Kier molecular flexibility index (Phi) is 10.5. The fourth-order valence-corrected chi connectivity index (χ4v) is 3.28. The predicted octanol–water partition coefficient (Wildman–Crippen LogP) is 2.28. The quantitative estimate of drug-likeness (QED) is 0.208. The average molecular weight is 512 g/mol. The Labute approximate surface area is 196 Å². The lowest BCUT2D eigenvalue weighted by Crippen LogP contribution is -2.16. The molecule has 2 rings (SSSR count). The molecule has 0 amide bonds. The highest BCUT2D eigenvalue weighted by Crippen LogP contribution is 2.36. The summed E-state index contributed by atoms with van der Waals surface area (Å²) in [5, 5.41) is 11.7. The zero-order valence-electron chi connectivity index (χ0n) is 16.7. The van der Waals surface area contributed by atoms with E-state index in [9.17, 15) is 8.42 Å². The zero-order chi connectivity index (χ0) is 22.9. The summed E-state index contributed by atoms with van der Waals surface area (Å²) < 4.78 is 37.0. The lowest BCUT2D eigenvalue weighted by molar-refractivity contribution is 0.110. The molecule has 1 aromatic carbocycles. The minimum atomic E-state index is -3.47. The average Bonchev–Trinajstić information content (AvgIpc) is 2.69. The van der Waals surface area contributed by atoms with Gasteiger partial charge in [0, 0.05) is 17.9 Å². The van der Waals surface area contributed by atoms with Gasteiger partial charge in [0.15, 0.2) is 5.82 Å². The number of hydrogen-bond donors (Lipinski definition) is 3. The molecule has 0 spiro atoms. The Balaban J connectivity index is 1.96. The van der Waals surface area contributed by atoms with Gasteiger partial charge in [-0.1, -0.05) is 23.2 Å². The fraction of sp³-hybridized carbons (Fsp3) is 0.471. The van der Waals surface area contributed by atoms with Gasteiger partial charge in [-0.25, -0.2) is 0 Å². The highest BCUT2D eigenvalue weighted by atomic mass is 35.5. The number of nitrogens with two attached hydrogens (primary N) is 1. The van der Waals surface area contributed by atoms with Crippen LogP contribution in [-0.2, 0) is 30.4 Å². The number of anilines is 2. The first-order chi connectivity index (χ1) is 14.7. The lowest BCUT2D eigenvalue weighted by Gasteiger charge is -2.12. The van der Waals surface area contributed by atoms with Crippen LogP contribution >= 0.6 is 35.8 Å². The van der Waals surface area contributed by atoms with Crippen LogP contribution in [0.15, 0.2) is 12.1 Å². The number of ether oxygens (including phenoxy) is 2. The van der Waals surface area contributed by atoms with Crippen molar-refractivity contribution in [2.24, 2.45) is 0 Å². The van der Waals surface area contributed by atoms with Crippen LogP contribution in [0.2, 0.25) is 10.0 Å². The number of halogens is 2. The smallest absolute Gasteiger partial charge is 0.264 e. The second-order valence-electron chi connectivity index (χ2n) is 6.15. The van der Waals surface area contributed by atoms with E-state index < -0.39 is 10.1 Å². The van der Waals surface area contributed by atoms with Crippen LogP contribution in [0, 0.1) is 0 Å². The summed E-state index contributed by atoms with van der Waals surface area (Å²) in [5.41, 5.74) is 7.64. The summed E-state index contributed by atoms with van der Waals surface area (Å²) in [6.07, 6.45) is 0.974. The maximum absolute atomic E-state index is 10.8. The zero-order valence-corrected chi connectivity index (χ0v) is 19.9. The maximum Gasteiger partial charge on any atom is 0.264 e. The third kappa shape index (κ3) is 8.93. The first kappa shape index (κ1) is 25.8. The van der Waals surface area contributed by atoms with Crippen LogP contribution in [0.25, 0.3) is 11.3 Å². The van der Waals surface area contributed by atoms with Gasteiger partial charge in [-0.15, -0.1) is 10.2 Å². The molecular weight excluding hydrogens is 489 g/mol. The standard InChI is InChI=1S/C17H23Cl2N5O5S2/c1-31(25,26)29-5-4-27-3-2-21-17-22-16(20)15(23-24-17)12-8-11(10-28-6-7-30)9-13(18)14(12)19/h8-9,30H,2-7,10H2,1H3,(H3,20,21,22,24). The van der Waals surface area contributed by atoms with E-state index in [0.29, 0.717) is 41.8 Å². The number of hydrogen-bond acceptors (Lipinski definition) is 11. The van der Waals surface area contributed by atoms with Gasteiger partial charge in [-0.3, -0.25) is 4.18 Å². The van der Waals surface area contributed by atoms with E-state index in [-0.39, 0.29) is 36.6 Å². The Morgan fingerprint density at radius 3 is 2.58 bits per heavy atom. The molecule has 0 radical (unpaired) electrons. The van der Waals surface area contributed by atoms with Crippen molar-refractivity contribution >= 4 is 57.7 Å². The third-order valence-corrected chi connectivity index (χ3v) is 5.20. The van der Waals surface area contributed by atoms with Gasteiger partial charge < -0.3 is 20.5 Å². The van der Waals surface area contributed by atoms with E-state index in [4.69, 9.17) is 38.4 Å². The first-order valence-electron chi connectivity index (χ1n) is 9.04. The number of benzene rings is 1. The van der Waals surface area contributed by atoms with Crippen LogP contribution in [0.1, 0.15) is 5.56 Å². The van der Waals surface area contributed by atoms with Crippen molar-refractivity contribution < 1.29 is 22.1 Å². The Morgan fingerprint density at radius 2 is 1.90 bits per heavy atom. The lowest BCUT2D eigenvalue weighted by atomic mass is 10.1. The summed E-state index contributed by atoms with van der Waals surface area (Å²) in [5.74, 6) is 0.920. The minimum absolute atomic E-state index is 0.0550. The van der Waals surface area contributed by atoms with Gasteiger partial charge in [-0.2, -0.15) is 26.0 Å². The van der Waals surface area contributed by atoms with Gasteiger partial charge in [0.05, 0.1) is 49.3 Å². The number of nitrogens with one attached hydrogen (secondary N) is 1. The molecule has 0 aliphatic heterocycles. The molecule has 14 heteroatoms. The Morgan fingerprint density at radius 1 is 1.13 bits per heavy atom. The number of nitrogen functional groups attached to an aromatic ring is 1. The fourth-order valence-electron chi connectivity index (χ4n) is 2.34. The second kappa shape index (κ2) is 12.6. The van der Waals surface area contributed by atoms with Gasteiger partial charge in [-0.05, 0) is 17.7 Å². The van der Waals surface area contributed by atoms with Gasteiger partial charge in [0.2, 0.25) is 5.95 Å². The van der Waals surface area contributed by atoms with E-state index in [0.717, 1.165) is 11.8 Å². The molecule has 3 N–H and O–H groups in total. The van der Waals surface area contributed by atoms with E-state index in [1.165, 1.54) is 0 Å². The molecule has 0 saturated carbocycles. The Hall–Kier alpha value is -1.41. The van der Waals surface area contributed by atoms with E-state index in [1.54, 1.807) is 12.1 Å². The molecule has 0 aliphatic rings. The number of aromatic nitrogens is 3. The molecule has 1 aromatic heterocycles. The van der Waals surface area contributed by atoms with E-state index in [2.05, 4.69) is 37.3 Å². The summed E-state index contributed by atoms with van der Waals surface area (Å²) in [6.45, 7) is 1.53. The molecule has 0 bridgehead atoms. The normalized spacial score (nSPS) is 11.6. The number of rotatable bonds is 13. The van der Waals surface area contributed by atoms with Crippen molar-refractivity contribution in [3.8, 4) is 11.3 Å². The molecule has 0 saturated heterocycles. The molecule has 2 aromatic rings. The molecular formula is C17H23Cl2N5O5S2. The molecule has 0 unspecified atom stereocenters. The van der Waals surface area contributed by atoms with Crippen molar-refractivity contribution in [1.29, 1.82) is 0 Å². The number of nitrogens with zero attached hydrogens (tertiary/aromatic N) is 3. The Bertz CT molecular complexity index is 982. The molecule has 1 heterocycles. The van der Waals surface area contributed by atoms with Crippen molar-refractivity contribution in [3.63, 3.8) is 0 Å². The highest BCUT2D eigenvalue weighted by molar-refractivity contribution is 7.86. The molecule has 172 valence electrons. The summed E-state index contributed by atoms with van der Waals surface area (Å²) in [4.78, 5) is 4.18. The van der Waals surface area contributed by atoms with Crippen LogP contribution in [0.4, 0.5) is 11.8 Å². The van der Waals surface area contributed by atoms with Crippen LogP contribution < -0.4 is 11.1 Å². The maximum atomic E-state index is 10.8. The molecule has 10 nitrogen and oxygen atoms in total. The monoisotopic (exact) mass is 511 g/mol. The van der Waals surface area contributed by atoms with Gasteiger partial charge >= 0.3 is 0 Å². The largest absolute Gasteiger partial charge is 0.382 e. The summed E-state index contributed by atoms with van der Waals surface area (Å²) in [7, 11) is -3.47. The van der Waals surface area contributed by atoms with Gasteiger partial charge in [0.1, 0.15) is 5.69 Å². The summed E-state index contributed by atoms with van der Waals surface area (Å²) >= 11 is 16.7. The highest BCUT2D eigenvalue weighted by Gasteiger charge is 2.16. The van der Waals surface area contributed by atoms with Gasteiger partial charge in [0.25, 0.3) is 10.1 Å². The molecule has 0 atom stereocenters. The van der Waals surface area contributed by atoms with Crippen molar-refractivity contribution in [2.45, 2.75) is 6.61 Å².